The Balaban J connectivity index is 2.31. The van der Waals surface area contributed by atoms with Crippen LogP contribution < -0.4 is 11.1 Å². The smallest absolute Gasteiger partial charge is 0.246 e. The first-order chi connectivity index (χ1) is 6.24. The number of piperidine rings is 1. The second kappa shape index (κ2) is 5.19. The normalized spacial score (nSPS) is 25.5. The lowest BCUT2D eigenvalue weighted by molar-refractivity contribution is -0.134. The van der Waals surface area contributed by atoms with Crippen molar-refractivity contribution in [1.29, 1.82) is 0 Å². The Morgan fingerprint density at radius 1 is 1.77 bits per heavy atom. The van der Waals surface area contributed by atoms with Crippen LogP contribution in [-0.2, 0) is 9.53 Å². The van der Waals surface area contributed by atoms with Crippen molar-refractivity contribution < 1.29 is 9.53 Å². The Hall–Kier alpha value is -0.610. The first kappa shape index (κ1) is 10.5. The summed E-state index contributed by atoms with van der Waals surface area (Å²) < 4.78 is 5.56. The molecular formula is C9H18N2O2. The molecule has 1 heterocycles. The van der Waals surface area contributed by atoms with Crippen molar-refractivity contribution in [2.45, 2.75) is 38.4 Å². The van der Waals surface area contributed by atoms with E-state index in [4.69, 9.17) is 10.5 Å². The van der Waals surface area contributed by atoms with Crippen molar-refractivity contribution in [3.05, 3.63) is 0 Å². The van der Waals surface area contributed by atoms with Crippen LogP contribution in [0.3, 0.4) is 0 Å². The molecule has 0 spiro atoms. The van der Waals surface area contributed by atoms with Crippen LogP contribution in [0.4, 0.5) is 0 Å². The number of amides is 1. The van der Waals surface area contributed by atoms with Gasteiger partial charge in [-0.25, -0.2) is 0 Å². The lowest BCUT2D eigenvalue weighted by atomic mass is 10.1. The lowest BCUT2D eigenvalue weighted by Gasteiger charge is -2.26. The zero-order valence-corrected chi connectivity index (χ0v) is 8.08. The monoisotopic (exact) mass is 186 g/mol. The third-order valence-electron chi connectivity index (χ3n) is 2.30. The molecule has 0 aromatic heterocycles. The Morgan fingerprint density at radius 2 is 2.54 bits per heavy atom. The molecule has 0 saturated carbocycles. The second-order valence-corrected chi connectivity index (χ2v) is 3.40. The molecule has 1 amide bonds. The summed E-state index contributed by atoms with van der Waals surface area (Å²) in [5.74, 6) is -0.354. The molecule has 0 bridgehead atoms. The summed E-state index contributed by atoms with van der Waals surface area (Å²) in [6, 6.07) is 0. The van der Waals surface area contributed by atoms with E-state index in [2.05, 4.69) is 5.32 Å². The van der Waals surface area contributed by atoms with Gasteiger partial charge in [-0.05, 0) is 25.8 Å². The summed E-state index contributed by atoms with van der Waals surface area (Å²) in [6.07, 6.45) is 2.54. The van der Waals surface area contributed by atoms with Crippen molar-refractivity contribution in [2.75, 3.05) is 13.1 Å². The summed E-state index contributed by atoms with van der Waals surface area (Å²) in [5, 5.41) is 3.23. The number of nitrogens with one attached hydrogen (secondary N) is 1. The van der Waals surface area contributed by atoms with Gasteiger partial charge in [-0.15, -0.1) is 0 Å². The number of primary amides is 1. The molecule has 0 aromatic carbocycles. The fourth-order valence-corrected chi connectivity index (χ4v) is 1.53. The molecule has 1 fully saturated rings. The first-order valence-corrected chi connectivity index (χ1v) is 4.89. The highest BCUT2D eigenvalue weighted by molar-refractivity contribution is 5.78. The van der Waals surface area contributed by atoms with Crippen LogP contribution in [0.2, 0.25) is 0 Å². The summed E-state index contributed by atoms with van der Waals surface area (Å²) in [5.41, 5.74) is 5.18. The van der Waals surface area contributed by atoms with Crippen LogP contribution in [-0.4, -0.2) is 31.2 Å². The number of nitrogens with two attached hydrogens (primary N) is 1. The molecular weight excluding hydrogens is 168 g/mol. The maximum atomic E-state index is 10.9. The number of carbonyl (C=O) groups excluding carboxylic acids is 1. The van der Waals surface area contributed by atoms with E-state index in [-0.39, 0.29) is 12.0 Å². The SMILES string of the molecule is CCC(OC1CCCNC1)C(N)=O. The predicted molar refractivity (Wildman–Crippen MR) is 50.3 cm³/mol. The molecule has 76 valence electrons. The summed E-state index contributed by atoms with van der Waals surface area (Å²) in [4.78, 5) is 10.9. The Kier molecular flexibility index (Phi) is 4.18. The maximum absolute atomic E-state index is 10.9. The van der Waals surface area contributed by atoms with Crippen LogP contribution in [0.5, 0.6) is 0 Å². The highest BCUT2D eigenvalue weighted by atomic mass is 16.5. The van der Waals surface area contributed by atoms with Gasteiger partial charge in [0.2, 0.25) is 5.91 Å². The van der Waals surface area contributed by atoms with E-state index in [0.29, 0.717) is 6.42 Å². The topological polar surface area (TPSA) is 64.3 Å². The lowest BCUT2D eigenvalue weighted by Crippen LogP contribution is -2.41. The van der Waals surface area contributed by atoms with Crippen molar-refractivity contribution in [3.8, 4) is 0 Å². The molecule has 13 heavy (non-hydrogen) atoms. The minimum atomic E-state index is -0.412. The fraction of sp³-hybridized carbons (Fsp3) is 0.889. The minimum absolute atomic E-state index is 0.159. The molecule has 0 aromatic rings. The third kappa shape index (κ3) is 3.32. The van der Waals surface area contributed by atoms with Crippen LogP contribution >= 0.6 is 0 Å². The molecule has 4 nitrogen and oxygen atoms in total. The Labute approximate surface area is 78.8 Å². The highest BCUT2D eigenvalue weighted by Gasteiger charge is 2.20. The number of carbonyl (C=O) groups is 1. The van der Waals surface area contributed by atoms with Gasteiger partial charge in [0, 0.05) is 6.54 Å². The van der Waals surface area contributed by atoms with E-state index in [1.165, 1.54) is 0 Å². The standard InChI is InChI=1S/C9H18N2O2/c1-2-8(9(10)12)13-7-4-3-5-11-6-7/h7-8,11H,2-6H2,1H3,(H2,10,12). The van der Waals surface area contributed by atoms with Crippen molar-refractivity contribution in [1.82, 2.24) is 5.32 Å². The third-order valence-corrected chi connectivity index (χ3v) is 2.30. The molecule has 0 radical (unpaired) electrons. The minimum Gasteiger partial charge on any atom is -0.367 e. The molecule has 4 heteroatoms. The van der Waals surface area contributed by atoms with Crippen LogP contribution in [0, 0.1) is 0 Å². The fourth-order valence-electron chi connectivity index (χ4n) is 1.53. The number of ether oxygens (including phenoxy) is 1. The Morgan fingerprint density at radius 3 is 3.00 bits per heavy atom. The molecule has 2 unspecified atom stereocenters. The number of hydrogen-bond acceptors (Lipinski definition) is 3. The molecule has 1 aliphatic heterocycles. The maximum Gasteiger partial charge on any atom is 0.246 e. The highest BCUT2D eigenvalue weighted by Crippen LogP contribution is 2.10. The van der Waals surface area contributed by atoms with Gasteiger partial charge in [-0.3, -0.25) is 4.79 Å². The first-order valence-electron chi connectivity index (χ1n) is 4.89. The molecule has 3 N–H and O–H groups in total. The van der Waals surface area contributed by atoms with Gasteiger partial charge >= 0.3 is 0 Å². The summed E-state index contributed by atoms with van der Waals surface area (Å²) >= 11 is 0. The molecule has 2 atom stereocenters. The zero-order valence-electron chi connectivity index (χ0n) is 8.08. The number of rotatable bonds is 4. The summed E-state index contributed by atoms with van der Waals surface area (Å²) in [7, 11) is 0. The van der Waals surface area contributed by atoms with Gasteiger partial charge < -0.3 is 15.8 Å². The van der Waals surface area contributed by atoms with Gasteiger partial charge in [-0.1, -0.05) is 6.92 Å². The van der Waals surface area contributed by atoms with Crippen molar-refractivity contribution in [3.63, 3.8) is 0 Å². The largest absolute Gasteiger partial charge is 0.367 e. The van der Waals surface area contributed by atoms with Crippen molar-refractivity contribution >= 4 is 5.91 Å². The van der Waals surface area contributed by atoms with Gasteiger partial charge in [0.25, 0.3) is 0 Å². The van der Waals surface area contributed by atoms with Gasteiger partial charge in [0.1, 0.15) is 6.10 Å². The second-order valence-electron chi connectivity index (χ2n) is 3.40. The van der Waals surface area contributed by atoms with E-state index in [9.17, 15) is 4.79 Å². The predicted octanol–water partition coefficient (Wildman–Crippen LogP) is 0.0189. The zero-order chi connectivity index (χ0) is 9.68. The van der Waals surface area contributed by atoms with E-state index in [1.807, 2.05) is 6.92 Å². The summed E-state index contributed by atoms with van der Waals surface area (Å²) in [6.45, 7) is 3.79. The molecule has 0 aliphatic carbocycles. The van der Waals surface area contributed by atoms with Gasteiger partial charge in [-0.2, -0.15) is 0 Å². The average molecular weight is 186 g/mol. The van der Waals surface area contributed by atoms with Crippen LogP contribution in [0.15, 0.2) is 0 Å². The van der Waals surface area contributed by atoms with E-state index < -0.39 is 6.10 Å². The molecule has 1 saturated heterocycles. The van der Waals surface area contributed by atoms with Crippen LogP contribution in [0.25, 0.3) is 0 Å². The van der Waals surface area contributed by atoms with Crippen molar-refractivity contribution in [2.24, 2.45) is 5.73 Å². The van der Waals surface area contributed by atoms with E-state index in [1.54, 1.807) is 0 Å². The van der Waals surface area contributed by atoms with Gasteiger partial charge in [0.05, 0.1) is 6.10 Å². The van der Waals surface area contributed by atoms with E-state index >= 15 is 0 Å². The Bertz CT molecular complexity index is 167. The van der Waals surface area contributed by atoms with Gasteiger partial charge in [0.15, 0.2) is 0 Å². The average Bonchev–Trinajstić information content (AvgIpc) is 2.15. The molecule has 1 aliphatic rings. The van der Waals surface area contributed by atoms with Crippen LogP contribution in [0.1, 0.15) is 26.2 Å². The number of hydrogen-bond donors (Lipinski definition) is 2. The quantitative estimate of drug-likeness (QED) is 0.650. The molecule has 1 rings (SSSR count). The van der Waals surface area contributed by atoms with E-state index in [0.717, 1.165) is 25.9 Å².